The number of hydrogen-bond donors (Lipinski definition) is 1. The highest BCUT2D eigenvalue weighted by Crippen LogP contribution is 2.24. The highest BCUT2D eigenvalue weighted by atomic mass is 35.5. The molecule has 1 aromatic carbocycles. The molecule has 0 unspecified atom stereocenters. The lowest BCUT2D eigenvalue weighted by molar-refractivity contribution is 0.388. The Morgan fingerprint density at radius 3 is 3.00 bits per heavy atom. The van der Waals surface area contributed by atoms with Crippen molar-refractivity contribution in [2.24, 2.45) is 0 Å². The molecule has 0 amide bonds. The summed E-state index contributed by atoms with van der Waals surface area (Å²) in [5.41, 5.74) is 1.81. The maximum Gasteiger partial charge on any atom is 0.223 e. The van der Waals surface area contributed by atoms with Crippen LogP contribution in [0, 0.1) is 6.92 Å². The predicted molar refractivity (Wildman–Crippen MR) is 73.1 cm³/mol. The molecule has 19 heavy (non-hydrogen) atoms. The Hall–Kier alpha value is -2.14. The fourth-order valence-corrected chi connectivity index (χ4v) is 2.03. The second-order valence-electron chi connectivity index (χ2n) is 4.10. The minimum Gasteiger partial charge on any atom is -0.377 e. The van der Waals surface area contributed by atoms with E-state index in [1.807, 2.05) is 24.3 Å². The Balaban J connectivity index is 1.88. The number of aryl methyl sites for hydroxylation is 1. The minimum atomic E-state index is 0.499. The van der Waals surface area contributed by atoms with Crippen molar-refractivity contribution in [3.05, 3.63) is 47.2 Å². The van der Waals surface area contributed by atoms with Gasteiger partial charge in [0.25, 0.3) is 0 Å². The van der Waals surface area contributed by atoms with Crippen LogP contribution in [0.3, 0.4) is 0 Å². The number of rotatable bonds is 3. The normalized spacial score (nSPS) is 10.8. The lowest BCUT2D eigenvalue weighted by atomic mass is 10.2. The van der Waals surface area contributed by atoms with E-state index >= 15 is 0 Å². The lowest BCUT2D eigenvalue weighted by Crippen LogP contribution is -2.02. The van der Waals surface area contributed by atoms with Crippen molar-refractivity contribution in [2.75, 3.05) is 5.32 Å². The third-order valence-corrected chi connectivity index (χ3v) is 2.95. The number of halogens is 1. The van der Waals surface area contributed by atoms with Crippen LogP contribution in [0.15, 0.2) is 35.0 Å². The smallest absolute Gasteiger partial charge is 0.223 e. The van der Waals surface area contributed by atoms with E-state index in [1.54, 1.807) is 13.1 Å². The van der Waals surface area contributed by atoms with Crippen LogP contribution in [0.2, 0.25) is 5.02 Å². The summed E-state index contributed by atoms with van der Waals surface area (Å²) in [6.07, 6.45) is 1.74. The van der Waals surface area contributed by atoms with Gasteiger partial charge in [-0.25, -0.2) is 0 Å². The van der Waals surface area contributed by atoms with Gasteiger partial charge in [-0.15, -0.1) is 0 Å². The van der Waals surface area contributed by atoms with Gasteiger partial charge < -0.3 is 9.84 Å². The van der Waals surface area contributed by atoms with Crippen molar-refractivity contribution in [1.82, 2.24) is 15.1 Å². The number of benzene rings is 1. The molecule has 0 fully saturated rings. The van der Waals surface area contributed by atoms with Crippen molar-refractivity contribution in [3.63, 3.8) is 0 Å². The number of fused-ring (bicyclic) bond motifs is 1. The molecule has 5 nitrogen and oxygen atoms in total. The third kappa shape index (κ3) is 2.51. The molecule has 0 bridgehead atoms. The van der Waals surface area contributed by atoms with Crippen LogP contribution in [0.4, 0.5) is 5.69 Å². The van der Waals surface area contributed by atoms with Crippen LogP contribution in [0.25, 0.3) is 10.9 Å². The summed E-state index contributed by atoms with van der Waals surface area (Å²) >= 11 is 5.95. The molecular weight excluding hydrogens is 264 g/mol. The monoisotopic (exact) mass is 274 g/mol. The van der Waals surface area contributed by atoms with Gasteiger partial charge in [0.15, 0.2) is 5.82 Å². The van der Waals surface area contributed by atoms with Crippen molar-refractivity contribution >= 4 is 28.2 Å². The van der Waals surface area contributed by atoms with Crippen LogP contribution in [0.1, 0.15) is 11.7 Å². The molecule has 0 aliphatic rings. The molecule has 2 aromatic heterocycles. The van der Waals surface area contributed by atoms with E-state index < -0.39 is 0 Å². The molecule has 0 aliphatic carbocycles. The zero-order chi connectivity index (χ0) is 13.2. The topological polar surface area (TPSA) is 63.8 Å². The quantitative estimate of drug-likeness (QED) is 0.795. The minimum absolute atomic E-state index is 0.499. The van der Waals surface area contributed by atoms with Gasteiger partial charge in [0.1, 0.15) is 0 Å². The summed E-state index contributed by atoms with van der Waals surface area (Å²) in [6, 6.07) is 7.52. The van der Waals surface area contributed by atoms with Gasteiger partial charge in [-0.2, -0.15) is 4.98 Å². The molecule has 0 spiro atoms. The molecule has 3 aromatic rings. The number of pyridine rings is 1. The number of aromatic nitrogens is 3. The predicted octanol–water partition coefficient (Wildman–Crippen LogP) is 3.19. The summed E-state index contributed by atoms with van der Waals surface area (Å²) in [4.78, 5) is 8.43. The molecular formula is C13H11ClN4O. The molecule has 2 heterocycles. The Bertz CT molecular complexity index is 725. The van der Waals surface area contributed by atoms with E-state index in [4.69, 9.17) is 16.1 Å². The number of nitrogens with one attached hydrogen (secondary N) is 1. The highest BCUT2D eigenvalue weighted by molar-refractivity contribution is 6.31. The van der Waals surface area contributed by atoms with Gasteiger partial charge in [0.05, 0.1) is 12.1 Å². The van der Waals surface area contributed by atoms with Gasteiger partial charge in [0, 0.05) is 29.2 Å². The highest BCUT2D eigenvalue weighted by Gasteiger charge is 2.05. The summed E-state index contributed by atoms with van der Waals surface area (Å²) < 4.78 is 4.93. The number of anilines is 1. The molecule has 0 saturated heterocycles. The largest absolute Gasteiger partial charge is 0.377 e. The van der Waals surface area contributed by atoms with Crippen molar-refractivity contribution in [1.29, 1.82) is 0 Å². The third-order valence-electron chi connectivity index (χ3n) is 2.71. The molecule has 3 rings (SSSR count). The van der Waals surface area contributed by atoms with Gasteiger partial charge >= 0.3 is 0 Å². The maximum absolute atomic E-state index is 5.95. The number of nitrogens with zero attached hydrogens (tertiary/aromatic N) is 3. The van der Waals surface area contributed by atoms with Crippen LogP contribution in [-0.4, -0.2) is 15.1 Å². The average molecular weight is 275 g/mol. The summed E-state index contributed by atoms with van der Waals surface area (Å²) in [7, 11) is 0. The first-order valence-corrected chi connectivity index (χ1v) is 6.17. The first kappa shape index (κ1) is 11.9. The van der Waals surface area contributed by atoms with Crippen LogP contribution < -0.4 is 5.32 Å². The molecule has 1 N–H and O–H groups in total. The van der Waals surface area contributed by atoms with Gasteiger partial charge in [0.2, 0.25) is 5.89 Å². The lowest BCUT2D eigenvalue weighted by Gasteiger charge is -2.07. The maximum atomic E-state index is 5.95. The van der Waals surface area contributed by atoms with Crippen LogP contribution in [-0.2, 0) is 6.54 Å². The standard InChI is InChI=1S/C13H11ClN4O/c1-8-17-13(18-19-8)7-16-11-4-5-15-12-6-9(14)2-3-10(11)12/h2-6H,7H2,1H3,(H,15,16). The summed E-state index contributed by atoms with van der Waals surface area (Å²) in [5.74, 6) is 1.18. The van der Waals surface area contributed by atoms with E-state index in [0.29, 0.717) is 23.3 Å². The van der Waals surface area contributed by atoms with E-state index in [0.717, 1.165) is 16.6 Å². The second-order valence-corrected chi connectivity index (χ2v) is 4.54. The fourth-order valence-electron chi connectivity index (χ4n) is 1.86. The first-order chi connectivity index (χ1) is 9.22. The zero-order valence-electron chi connectivity index (χ0n) is 10.2. The van der Waals surface area contributed by atoms with Crippen molar-refractivity contribution in [3.8, 4) is 0 Å². The van der Waals surface area contributed by atoms with E-state index in [-0.39, 0.29) is 0 Å². The van der Waals surface area contributed by atoms with Crippen LogP contribution in [0.5, 0.6) is 0 Å². The summed E-state index contributed by atoms with van der Waals surface area (Å²) in [5, 5.41) is 8.79. The van der Waals surface area contributed by atoms with Gasteiger partial charge in [-0.05, 0) is 24.3 Å². The van der Waals surface area contributed by atoms with Crippen LogP contribution >= 0.6 is 11.6 Å². The molecule has 0 atom stereocenters. The zero-order valence-corrected chi connectivity index (χ0v) is 11.0. The van der Waals surface area contributed by atoms with Crippen molar-refractivity contribution in [2.45, 2.75) is 13.5 Å². The van der Waals surface area contributed by atoms with E-state index in [2.05, 4.69) is 20.4 Å². The average Bonchev–Trinajstić information content (AvgIpc) is 2.81. The van der Waals surface area contributed by atoms with E-state index in [9.17, 15) is 0 Å². The van der Waals surface area contributed by atoms with Crippen molar-refractivity contribution < 1.29 is 4.52 Å². The van der Waals surface area contributed by atoms with Gasteiger partial charge in [-0.1, -0.05) is 16.8 Å². The van der Waals surface area contributed by atoms with E-state index in [1.165, 1.54) is 0 Å². The SMILES string of the molecule is Cc1nc(CNc2ccnc3cc(Cl)ccc23)no1. The molecule has 0 saturated carbocycles. The first-order valence-electron chi connectivity index (χ1n) is 5.80. The molecule has 6 heteroatoms. The fraction of sp³-hybridized carbons (Fsp3) is 0.154. The number of hydrogen-bond acceptors (Lipinski definition) is 5. The molecule has 96 valence electrons. The Labute approximate surface area is 114 Å². The Kier molecular flexibility index (Phi) is 3.05. The van der Waals surface area contributed by atoms with Gasteiger partial charge in [-0.3, -0.25) is 4.98 Å². The second kappa shape index (κ2) is 4.85. The molecule has 0 aliphatic heterocycles. The Morgan fingerprint density at radius 2 is 2.21 bits per heavy atom. The molecule has 0 radical (unpaired) electrons. The Morgan fingerprint density at radius 1 is 1.32 bits per heavy atom. The summed E-state index contributed by atoms with van der Waals surface area (Å²) in [6.45, 7) is 2.26.